The predicted molar refractivity (Wildman–Crippen MR) is 76.2 cm³/mol. The monoisotopic (exact) mass is 298 g/mol. The maximum absolute atomic E-state index is 13.0. The lowest BCUT2D eigenvalue weighted by atomic mass is 10.2. The predicted octanol–water partition coefficient (Wildman–Crippen LogP) is 2.48. The molecule has 3 rings (SSSR count). The first-order chi connectivity index (χ1) is 10.5. The van der Waals surface area contributed by atoms with Gasteiger partial charge in [-0.1, -0.05) is 0 Å². The summed E-state index contributed by atoms with van der Waals surface area (Å²) in [4.78, 5) is 19.5. The Morgan fingerprint density at radius 2 is 1.91 bits per heavy atom. The number of aromatic carboxylic acids is 1. The molecule has 0 saturated heterocycles. The molecule has 0 aliphatic heterocycles. The zero-order valence-electron chi connectivity index (χ0n) is 11.6. The van der Waals surface area contributed by atoms with Gasteiger partial charge in [-0.2, -0.15) is 5.10 Å². The summed E-state index contributed by atoms with van der Waals surface area (Å²) in [6, 6.07) is 8.90. The fourth-order valence-corrected chi connectivity index (χ4v) is 1.96. The Bertz CT molecular complexity index is 843. The van der Waals surface area contributed by atoms with Gasteiger partial charge in [0.1, 0.15) is 5.82 Å². The number of carboxylic acids is 1. The topological polar surface area (TPSA) is 80.9 Å². The third-order valence-corrected chi connectivity index (χ3v) is 2.99. The van der Waals surface area contributed by atoms with Crippen molar-refractivity contribution in [2.24, 2.45) is 0 Å². The van der Waals surface area contributed by atoms with E-state index in [-0.39, 0.29) is 11.5 Å². The Morgan fingerprint density at radius 1 is 1.18 bits per heavy atom. The fraction of sp³-hybridized carbons (Fsp3) is 0.0667. The molecule has 0 radical (unpaired) electrons. The van der Waals surface area contributed by atoms with E-state index in [0.717, 1.165) is 0 Å². The number of hydrogen-bond acceptors (Lipinski definition) is 4. The number of halogens is 1. The van der Waals surface area contributed by atoms with Gasteiger partial charge in [0.05, 0.1) is 0 Å². The van der Waals surface area contributed by atoms with Gasteiger partial charge in [0, 0.05) is 23.5 Å². The average molecular weight is 298 g/mol. The van der Waals surface area contributed by atoms with Gasteiger partial charge in [-0.3, -0.25) is 0 Å². The number of aryl methyl sites for hydroxylation is 1. The number of hydrogen-bond donors (Lipinski definition) is 1. The van der Waals surface area contributed by atoms with Crippen molar-refractivity contribution in [1.82, 2.24) is 19.7 Å². The molecule has 6 nitrogen and oxygen atoms in total. The summed E-state index contributed by atoms with van der Waals surface area (Å²) in [7, 11) is 0. The average Bonchev–Trinajstić information content (AvgIpc) is 2.97. The maximum atomic E-state index is 13.0. The summed E-state index contributed by atoms with van der Waals surface area (Å²) in [6.45, 7) is 1.79. The second-order valence-electron chi connectivity index (χ2n) is 4.65. The zero-order valence-corrected chi connectivity index (χ0v) is 11.6. The fourth-order valence-electron chi connectivity index (χ4n) is 1.96. The van der Waals surface area contributed by atoms with Gasteiger partial charge in [0.25, 0.3) is 0 Å². The molecule has 0 atom stereocenters. The van der Waals surface area contributed by atoms with Crippen molar-refractivity contribution in [2.45, 2.75) is 6.92 Å². The summed E-state index contributed by atoms with van der Waals surface area (Å²) in [5.41, 5.74) is 1.29. The van der Waals surface area contributed by atoms with Gasteiger partial charge in [0.2, 0.25) is 0 Å². The van der Waals surface area contributed by atoms with Gasteiger partial charge in [0.15, 0.2) is 17.3 Å². The second-order valence-corrected chi connectivity index (χ2v) is 4.65. The van der Waals surface area contributed by atoms with Crippen LogP contribution in [0.25, 0.3) is 17.2 Å². The zero-order chi connectivity index (χ0) is 15.7. The molecule has 110 valence electrons. The van der Waals surface area contributed by atoms with E-state index in [9.17, 15) is 9.18 Å². The van der Waals surface area contributed by atoms with E-state index in [4.69, 9.17) is 5.11 Å². The quantitative estimate of drug-likeness (QED) is 0.803. The Balaban J connectivity index is 2.05. The summed E-state index contributed by atoms with van der Waals surface area (Å²) >= 11 is 0. The first kappa shape index (κ1) is 13.9. The van der Waals surface area contributed by atoms with E-state index in [1.165, 1.54) is 29.1 Å². The van der Waals surface area contributed by atoms with E-state index >= 15 is 0 Å². The van der Waals surface area contributed by atoms with Crippen LogP contribution in [-0.2, 0) is 0 Å². The third kappa shape index (κ3) is 2.69. The first-order valence-electron chi connectivity index (χ1n) is 6.44. The SMILES string of the molecule is Cc1cc(-n2ccc(C(=O)O)n2)nc(-c2ccc(F)cc2)n1. The molecule has 2 heterocycles. The number of carboxylic acid groups (broad SMARTS) is 1. The molecule has 0 amide bonds. The number of carbonyl (C=O) groups is 1. The maximum Gasteiger partial charge on any atom is 0.356 e. The van der Waals surface area contributed by atoms with Gasteiger partial charge in [-0.15, -0.1) is 0 Å². The van der Waals surface area contributed by atoms with E-state index in [2.05, 4.69) is 15.1 Å². The summed E-state index contributed by atoms with van der Waals surface area (Å²) in [5, 5.41) is 12.9. The summed E-state index contributed by atoms with van der Waals surface area (Å²) < 4.78 is 14.4. The van der Waals surface area contributed by atoms with Crippen molar-refractivity contribution in [1.29, 1.82) is 0 Å². The number of rotatable bonds is 3. The van der Waals surface area contributed by atoms with E-state index < -0.39 is 5.97 Å². The Hall–Kier alpha value is -3.09. The Morgan fingerprint density at radius 3 is 2.55 bits per heavy atom. The van der Waals surface area contributed by atoms with Gasteiger partial charge in [-0.05, 0) is 37.3 Å². The Kier molecular flexibility index (Phi) is 3.38. The normalized spacial score (nSPS) is 10.6. The highest BCUT2D eigenvalue weighted by atomic mass is 19.1. The van der Waals surface area contributed by atoms with Crippen molar-refractivity contribution in [3.8, 4) is 17.2 Å². The first-order valence-corrected chi connectivity index (χ1v) is 6.44. The highest BCUT2D eigenvalue weighted by Crippen LogP contribution is 2.18. The Labute approximate surface area is 124 Å². The largest absolute Gasteiger partial charge is 0.476 e. The molecule has 1 aromatic carbocycles. The smallest absolute Gasteiger partial charge is 0.356 e. The summed E-state index contributed by atoms with van der Waals surface area (Å²) in [6.07, 6.45) is 1.51. The molecular formula is C15H11FN4O2. The van der Waals surface area contributed by atoms with Crippen LogP contribution in [0.1, 0.15) is 16.2 Å². The third-order valence-electron chi connectivity index (χ3n) is 2.99. The van der Waals surface area contributed by atoms with Crippen LogP contribution in [0.4, 0.5) is 4.39 Å². The van der Waals surface area contributed by atoms with Gasteiger partial charge >= 0.3 is 5.97 Å². The van der Waals surface area contributed by atoms with Gasteiger partial charge in [-0.25, -0.2) is 23.8 Å². The number of nitrogens with zero attached hydrogens (tertiary/aromatic N) is 4. The standard InChI is InChI=1S/C15H11FN4O2/c1-9-8-13(20-7-6-12(19-20)15(21)22)18-14(17-9)10-2-4-11(16)5-3-10/h2-8H,1H3,(H,21,22). The molecule has 0 bridgehead atoms. The van der Waals surface area contributed by atoms with Crippen molar-refractivity contribution < 1.29 is 14.3 Å². The molecule has 7 heteroatoms. The lowest BCUT2D eigenvalue weighted by molar-refractivity contribution is 0.0690. The van der Waals surface area contributed by atoms with E-state index in [0.29, 0.717) is 22.9 Å². The van der Waals surface area contributed by atoms with Crippen LogP contribution in [0.2, 0.25) is 0 Å². The lowest BCUT2D eigenvalue weighted by Crippen LogP contribution is -2.05. The molecule has 22 heavy (non-hydrogen) atoms. The van der Waals surface area contributed by atoms with E-state index in [1.54, 1.807) is 25.1 Å². The molecule has 0 fully saturated rings. The highest BCUT2D eigenvalue weighted by Gasteiger charge is 2.11. The van der Waals surface area contributed by atoms with Crippen LogP contribution in [0.15, 0.2) is 42.6 Å². The molecule has 0 spiro atoms. The van der Waals surface area contributed by atoms with Crippen LogP contribution in [0.5, 0.6) is 0 Å². The minimum atomic E-state index is -1.11. The van der Waals surface area contributed by atoms with Gasteiger partial charge < -0.3 is 5.11 Å². The van der Waals surface area contributed by atoms with Crippen molar-refractivity contribution >= 4 is 5.97 Å². The summed E-state index contributed by atoms with van der Waals surface area (Å²) in [5.74, 6) is -0.584. The van der Waals surface area contributed by atoms with Crippen LogP contribution in [0, 0.1) is 12.7 Å². The molecule has 0 aliphatic carbocycles. The van der Waals surface area contributed by atoms with Crippen molar-refractivity contribution in [2.75, 3.05) is 0 Å². The molecule has 0 aliphatic rings. The number of aromatic nitrogens is 4. The molecule has 3 aromatic rings. The van der Waals surface area contributed by atoms with Crippen LogP contribution in [0.3, 0.4) is 0 Å². The molecule has 0 unspecified atom stereocenters. The molecular weight excluding hydrogens is 287 g/mol. The minimum Gasteiger partial charge on any atom is -0.476 e. The van der Waals surface area contributed by atoms with Crippen LogP contribution < -0.4 is 0 Å². The van der Waals surface area contributed by atoms with Crippen LogP contribution in [-0.4, -0.2) is 30.8 Å². The van der Waals surface area contributed by atoms with E-state index in [1.807, 2.05) is 0 Å². The van der Waals surface area contributed by atoms with Crippen molar-refractivity contribution in [3.63, 3.8) is 0 Å². The molecule has 1 N–H and O–H groups in total. The molecule has 2 aromatic heterocycles. The highest BCUT2D eigenvalue weighted by molar-refractivity contribution is 5.85. The lowest BCUT2D eigenvalue weighted by Gasteiger charge is -2.06. The molecule has 0 saturated carbocycles. The minimum absolute atomic E-state index is 0.0698. The van der Waals surface area contributed by atoms with Crippen molar-refractivity contribution in [3.05, 3.63) is 59.8 Å². The van der Waals surface area contributed by atoms with Crippen LogP contribution >= 0.6 is 0 Å². The number of benzene rings is 1. The second kappa shape index (κ2) is 5.36.